The van der Waals surface area contributed by atoms with Crippen molar-refractivity contribution < 1.29 is 9.59 Å². The van der Waals surface area contributed by atoms with Crippen molar-refractivity contribution in [2.45, 2.75) is 37.5 Å². The van der Waals surface area contributed by atoms with Crippen LogP contribution in [0, 0.1) is 0 Å². The number of carbonyl (C=O) groups excluding carboxylic acids is 2. The Morgan fingerprint density at radius 1 is 0.950 bits per heavy atom. The number of nitrogens with one attached hydrogen (secondary N) is 2. The molecule has 3 aromatic carbocycles. The summed E-state index contributed by atoms with van der Waals surface area (Å²) in [4.78, 5) is 29.4. The molecule has 1 aromatic heterocycles. The van der Waals surface area contributed by atoms with Crippen molar-refractivity contribution in [3.05, 3.63) is 101 Å². The average molecular weight is 576 g/mol. The second-order valence-electron chi connectivity index (χ2n) is 10.4. The number of amides is 3. The number of urea groups is 1. The number of anilines is 2. The number of rotatable bonds is 9. The maximum absolute atomic E-state index is 13.4. The van der Waals surface area contributed by atoms with Gasteiger partial charge in [0.15, 0.2) is 0 Å². The molecule has 40 heavy (non-hydrogen) atoms. The van der Waals surface area contributed by atoms with E-state index in [1.54, 1.807) is 22.5 Å². The van der Waals surface area contributed by atoms with Crippen LogP contribution in [0.25, 0.3) is 5.69 Å². The first-order valence-corrected chi connectivity index (χ1v) is 14.6. The molecule has 0 aliphatic carbocycles. The Morgan fingerprint density at radius 3 is 2.27 bits per heavy atom. The fraction of sp³-hybridized carbons (Fsp3) is 0.258. The minimum atomic E-state index is -0.349. The number of thioether (sulfide) groups is 1. The molecule has 0 aliphatic heterocycles. The number of hydrogen-bond donors (Lipinski definition) is 2. The van der Waals surface area contributed by atoms with Crippen LogP contribution in [-0.4, -0.2) is 46.0 Å². The highest BCUT2D eigenvalue weighted by Gasteiger charge is 2.24. The van der Waals surface area contributed by atoms with Crippen LogP contribution in [0.15, 0.2) is 89.8 Å². The van der Waals surface area contributed by atoms with E-state index in [-0.39, 0.29) is 23.9 Å². The minimum absolute atomic E-state index is 0.139. The number of nitrogens with zero attached hydrogens (tertiary/aromatic N) is 3. The Morgan fingerprint density at radius 2 is 1.62 bits per heavy atom. The SMILES string of the molecule is CSc1ccc(NC(=O)N(CCc2ccccc2)CC(=O)Nc2cc(C(C)(C)C)nn2-c2ccccc2Cl)cc1. The third-order valence-electron chi connectivity index (χ3n) is 6.30. The monoisotopic (exact) mass is 575 g/mol. The first kappa shape index (κ1) is 29.2. The van der Waals surface area contributed by atoms with E-state index in [1.165, 1.54) is 4.90 Å². The molecule has 4 rings (SSSR count). The maximum Gasteiger partial charge on any atom is 0.322 e. The van der Waals surface area contributed by atoms with Gasteiger partial charge in [0.05, 0.1) is 16.4 Å². The van der Waals surface area contributed by atoms with Crippen LogP contribution < -0.4 is 10.6 Å². The van der Waals surface area contributed by atoms with Crippen molar-refractivity contribution in [2.75, 3.05) is 30.0 Å². The van der Waals surface area contributed by atoms with E-state index in [9.17, 15) is 9.59 Å². The Labute approximate surface area is 244 Å². The lowest BCUT2D eigenvalue weighted by molar-refractivity contribution is -0.116. The molecule has 208 valence electrons. The summed E-state index contributed by atoms with van der Waals surface area (Å²) in [6.45, 7) is 6.39. The lowest BCUT2D eigenvalue weighted by atomic mass is 9.92. The number of benzene rings is 3. The van der Waals surface area contributed by atoms with Gasteiger partial charge in [-0.05, 0) is 54.6 Å². The van der Waals surface area contributed by atoms with Gasteiger partial charge < -0.3 is 15.5 Å². The fourth-order valence-electron chi connectivity index (χ4n) is 4.04. The maximum atomic E-state index is 13.4. The molecule has 0 saturated carbocycles. The number of carbonyl (C=O) groups is 2. The van der Waals surface area contributed by atoms with Crippen LogP contribution in [0.5, 0.6) is 0 Å². The molecule has 2 N–H and O–H groups in total. The van der Waals surface area contributed by atoms with E-state index in [2.05, 4.69) is 31.4 Å². The second kappa shape index (κ2) is 13.1. The van der Waals surface area contributed by atoms with Gasteiger partial charge >= 0.3 is 6.03 Å². The van der Waals surface area contributed by atoms with E-state index in [0.717, 1.165) is 16.2 Å². The zero-order chi connectivity index (χ0) is 28.7. The molecule has 0 spiro atoms. The highest BCUT2D eigenvalue weighted by Crippen LogP contribution is 2.29. The lowest BCUT2D eigenvalue weighted by Gasteiger charge is -2.23. The third-order valence-corrected chi connectivity index (χ3v) is 7.37. The molecule has 7 nitrogen and oxygen atoms in total. The third kappa shape index (κ3) is 7.67. The van der Waals surface area contributed by atoms with Crippen molar-refractivity contribution in [1.29, 1.82) is 0 Å². The molecule has 9 heteroatoms. The van der Waals surface area contributed by atoms with Crippen molar-refractivity contribution in [3.8, 4) is 5.69 Å². The molecular weight excluding hydrogens is 542 g/mol. The highest BCUT2D eigenvalue weighted by molar-refractivity contribution is 7.98. The Kier molecular flexibility index (Phi) is 9.55. The molecule has 0 aliphatic rings. The number of halogens is 1. The topological polar surface area (TPSA) is 79.3 Å². The molecule has 0 unspecified atom stereocenters. The Balaban J connectivity index is 1.55. The van der Waals surface area contributed by atoms with Gasteiger partial charge in [-0.15, -0.1) is 11.8 Å². The lowest BCUT2D eigenvalue weighted by Crippen LogP contribution is -2.42. The molecule has 4 aromatic rings. The quantitative estimate of drug-likeness (QED) is 0.206. The first-order valence-electron chi connectivity index (χ1n) is 13.0. The molecule has 0 saturated heterocycles. The smallest absolute Gasteiger partial charge is 0.315 e. The summed E-state index contributed by atoms with van der Waals surface area (Å²) in [6, 6.07) is 26.3. The van der Waals surface area contributed by atoms with E-state index in [1.807, 2.05) is 85.1 Å². The average Bonchev–Trinajstić information content (AvgIpc) is 3.36. The van der Waals surface area contributed by atoms with Gasteiger partial charge in [0.25, 0.3) is 0 Å². The largest absolute Gasteiger partial charge is 0.322 e. The summed E-state index contributed by atoms with van der Waals surface area (Å²) in [7, 11) is 0. The Bertz CT molecular complexity index is 1450. The highest BCUT2D eigenvalue weighted by atomic mass is 35.5. The molecular formula is C31H34ClN5O2S. The fourth-order valence-corrected chi connectivity index (χ4v) is 4.66. The molecule has 1 heterocycles. The van der Waals surface area contributed by atoms with E-state index >= 15 is 0 Å². The summed E-state index contributed by atoms with van der Waals surface area (Å²) >= 11 is 8.11. The Hall–Kier alpha value is -3.75. The van der Waals surface area contributed by atoms with Crippen molar-refractivity contribution in [1.82, 2.24) is 14.7 Å². The summed E-state index contributed by atoms with van der Waals surface area (Å²) in [5.41, 5.74) is 2.95. The number of hydrogen-bond acceptors (Lipinski definition) is 4. The molecule has 0 atom stereocenters. The van der Waals surface area contributed by atoms with Crippen molar-refractivity contribution in [2.24, 2.45) is 0 Å². The van der Waals surface area contributed by atoms with Crippen molar-refractivity contribution >= 4 is 46.8 Å². The van der Waals surface area contributed by atoms with Gasteiger partial charge in [0.1, 0.15) is 12.4 Å². The number of para-hydroxylation sites is 1. The van der Waals surface area contributed by atoms with Crippen LogP contribution in [-0.2, 0) is 16.6 Å². The summed E-state index contributed by atoms with van der Waals surface area (Å²) in [6.07, 6.45) is 2.61. The van der Waals surface area contributed by atoms with Gasteiger partial charge in [-0.25, -0.2) is 9.48 Å². The van der Waals surface area contributed by atoms with Gasteiger partial charge in [0.2, 0.25) is 5.91 Å². The van der Waals surface area contributed by atoms with Gasteiger partial charge in [0, 0.05) is 28.6 Å². The molecule has 3 amide bonds. The van der Waals surface area contributed by atoms with Gasteiger partial charge in [-0.1, -0.05) is 74.8 Å². The standard InChI is InChI=1S/C31H34ClN5O2S/c1-31(2,3)27-20-28(37(35-27)26-13-9-8-12-25(26)32)34-29(38)21-36(19-18-22-10-6-5-7-11-22)30(39)33-23-14-16-24(40-4)17-15-23/h5-17,20H,18-19,21H2,1-4H3,(H,33,39)(H,34,38). The predicted octanol–water partition coefficient (Wildman–Crippen LogP) is 7.26. The van der Waals surface area contributed by atoms with E-state index in [0.29, 0.717) is 35.2 Å². The second-order valence-corrected chi connectivity index (χ2v) is 11.7. The van der Waals surface area contributed by atoms with E-state index in [4.69, 9.17) is 16.7 Å². The first-order chi connectivity index (χ1) is 19.1. The van der Waals surface area contributed by atoms with Crippen LogP contribution in [0.4, 0.5) is 16.3 Å². The van der Waals surface area contributed by atoms with Gasteiger partial charge in [-0.3, -0.25) is 4.79 Å². The zero-order valence-electron chi connectivity index (χ0n) is 23.1. The van der Waals surface area contributed by atoms with Crippen LogP contribution in [0.1, 0.15) is 32.0 Å². The molecule has 0 fully saturated rings. The van der Waals surface area contributed by atoms with Crippen LogP contribution in [0.3, 0.4) is 0 Å². The summed E-state index contributed by atoms with van der Waals surface area (Å²) in [5.74, 6) is 0.147. The zero-order valence-corrected chi connectivity index (χ0v) is 24.7. The van der Waals surface area contributed by atoms with Crippen LogP contribution >= 0.6 is 23.4 Å². The summed E-state index contributed by atoms with van der Waals surface area (Å²) < 4.78 is 1.64. The predicted molar refractivity (Wildman–Crippen MR) is 165 cm³/mol. The normalized spacial score (nSPS) is 11.2. The molecule has 0 radical (unpaired) electrons. The van der Waals surface area contributed by atoms with E-state index < -0.39 is 0 Å². The van der Waals surface area contributed by atoms with Gasteiger partial charge in [-0.2, -0.15) is 5.10 Å². The van der Waals surface area contributed by atoms with Crippen LogP contribution in [0.2, 0.25) is 5.02 Å². The number of aromatic nitrogens is 2. The summed E-state index contributed by atoms with van der Waals surface area (Å²) in [5, 5.41) is 11.2. The molecule has 0 bridgehead atoms. The van der Waals surface area contributed by atoms with Crippen molar-refractivity contribution in [3.63, 3.8) is 0 Å². The minimum Gasteiger partial charge on any atom is -0.315 e.